The van der Waals surface area contributed by atoms with Gasteiger partial charge in [0, 0.05) is 44.4 Å². The summed E-state index contributed by atoms with van der Waals surface area (Å²) >= 11 is 0. The Morgan fingerprint density at radius 3 is 2.69 bits per heavy atom. The highest BCUT2D eigenvalue weighted by molar-refractivity contribution is 5.95. The molecule has 0 N–H and O–H groups in total. The van der Waals surface area contributed by atoms with Crippen molar-refractivity contribution in [3.8, 4) is 11.5 Å². The van der Waals surface area contributed by atoms with Crippen molar-refractivity contribution in [3.05, 3.63) is 59.2 Å². The van der Waals surface area contributed by atoms with Crippen LogP contribution >= 0.6 is 0 Å². The first-order valence-corrected chi connectivity index (χ1v) is 11.0. The number of fused-ring (bicyclic) bond motifs is 1. The molecule has 0 aromatic heterocycles. The Hall–Kier alpha value is -3.31. The molecule has 1 unspecified atom stereocenters. The van der Waals surface area contributed by atoms with E-state index in [9.17, 15) is 22.8 Å². The van der Waals surface area contributed by atoms with Gasteiger partial charge in [-0.3, -0.25) is 9.59 Å². The molecule has 4 rings (SSSR count). The maximum absolute atomic E-state index is 13.1. The van der Waals surface area contributed by atoms with Gasteiger partial charge in [-0.1, -0.05) is 6.07 Å². The predicted octanol–water partition coefficient (Wildman–Crippen LogP) is 3.06. The zero-order chi connectivity index (χ0) is 25.0. The first kappa shape index (κ1) is 24.8. The Morgan fingerprint density at radius 1 is 1.11 bits per heavy atom. The van der Waals surface area contributed by atoms with E-state index in [1.165, 1.54) is 24.1 Å². The fraction of sp³-hybridized carbons (Fsp3) is 0.417. The van der Waals surface area contributed by atoms with Crippen LogP contribution in [0.5, 0.6) is 11.5 Å². The number of methoxy groups -OCH3 is 1. The van der Waals surface area contributed by atoms with Gasteiger partial charge in [0.15, 0.2) is 11.5 Å². The van der Waals surface area contributed by atoms with Gasteiger partial charge in [-0.2, -0.15) is 13.2 Å². The fourth-order valence-electron chi connectivity index (χ4n) is 3.96. The van der Waals surface area contributed by atoms with Crippen molar-refractivity contribution in [1.29, 1.82) is 0 Å². The monoisotopic (exact) mass is 494 g/mol. The van der Waals surface area contributed by atoms with Crippen LogP contribution in [0.4, 0.5) is 13.2 Å². The summed E-state index contributed by atoms with van der Waals surface area (Å²) in [6.07, 6.45) is -5.08. The van der Waals surface area contributed by atoms with E-state index < -0.39 is 23.8 Å². The Bertz CT molecular complexity index is 1080. The quantitative estimate of drug-likeness (QED) is 0.589. The second kappa shape index (κ2) is 10.5. The summed E-state index contributed by atoms with van der Waals surface area (Å²) in [6.45, 7) is 1.37. The van der Waals surface area contributed by atoms with Gasteiger partial charge in [0.25, 0.3) is 11.8 Å². The molecule has 35 heavy (non-hydrogen) atoms. The van der Waals surface area contributed by atoms with Crippen LogP contribution in [-0.4, -0.2) is 81.0 Å². The van der Waals surface area contributed by atoms with Gasteiger partial charge in [0.2, 0.25) is 6.79 Å². The van der Waals surface area contributed by atoms with E-state index in [-0.39, 0.29) is 51.1 Å². The van der Waals surface area contributed by atoms with E-state index in [1.54, 1.807) is 23.1 Å². The standard InChI is InChI=1S/C24H25F3N2O6/c1-32-9-7-28(22(30)16-3-2-4-18(11-16)24(25,26)27)13-19-14-29(8-10-33-19)23(31)17-5-6-20-21(12-17)35-15-34-20/h2-6,11-12,19H,7-10,13-15H2,1H3. The molecule has 11 heteroatoms. The summed E-state index contributed by atoms with van der Waals surface area (Å²) in [5.74, 6) is 0.279. The molecule has 2 aliphatic heterocycles. The van der Waals surface area contributed by atoms with Crippen LogP contribution in [0.25, 0.3) is 0 Å². The van der Waals surface area contributed by atoms with Crippen LogP contribution in [0.15, 0.2) is 42.5 Å². The number of carbonyl (C=O) groups is 2. The molecule has 0 bridgehead atoms. The minimum absolute atomic E-state index is 0.0833. The third-order valence-corrected chi connectivity index (χ3v) is 5.76. The number of nitrogens with zero attached hydrogens (tertiary/aromatic N) is 2. The number of morpholine rings is 1. The molecule has 0 radical (unpaired) electrons. The van der Waals surface area contributed by atoms with Crippen molar-refractivity contribution in [2.24, 2.45) is 0 Å². The summed E-state index contributed by atoms with van der Waals surface area (Å²) in [6, 6.07) is 9.24. The average molecular weight is 494 g/mol. The third kappa shape index (κ3) is 5.85. The van der Waals surface area contributed by atoms with E-state index in [2.05, 4.69) is 0 Å². The Morgan fingerprint density at radius 2 is 1.91 bits per heavy atom. The lowest BCUT2D eigenvalue weighted by Crippen LogP contribution is -2.51. The highest BCUT2D eigenvalue weighted by Gasteiger charge is 2.32. The van der Waals surface area contributed by atoms with Crippen LogP contribution in [0.1, 0.15) is 26.3 Å². The van der Waals surface area contributed by atoms with Crippen molar-refractivity contribution in [3.63, 3.8) is 0 Å². The second-order valence-corrected chi connectivity index (χ2v) is 8.13. The number of benzene rings is 2. The van der Waals surface area contributed by atoms with Gasteiger partial charge in [-0.15, -0.1) is 0 Å². The molecule has 1 saturated heterocycles. The number of hydrogen-bond donors (Lipinski definition) is 0. The number of ether oxygens (including phenoxy) is 4. The van der Waals surface area contributed by atoms with Crippen LogP contribution in [-0.2, 0) is 15.7 Å². The summed E-state index contributed by atoms with van der Waals surface area (Å²) in [4.78, 5) is 29.2. The highest BCUT2D eigenvalue weighted by atomic mass is 19.4. The molecule has 8 nitrogen and oxygen atoms in total. The van der Waals surface area contributed by atoms with Crippen molar-refractivity contribution in [2.75, 3.05) is 53.3 Å². The molecule has 0 aliphatic carbocycles. The van der Waals surface area contributed by atoms with Gasteiger partial charge >= 0.3 is 6.18 Å². The molecule has 1 atom stereocenters. The Kier molecular flexibility index (Phi) is 7.46. The fourth-order valence-corrected chi connectivity index (χ4v) is 3.96. The molecule has 1 fully saturated rings. The van der Waals surface area contributed by atoms with Gasteiger partial charge in [0.1, 0.15) is 0 Å². The molecule has 2 amide bonds. The molecule has 2 heterocycles. The number of amides is 2. The average Bonchev–Trinajstić information content (AvgIpc) is 3.33. The molecule has 0 spiro atoms. The van der Waals surface area contributed by atoms with Crippen molar-refractivity contribution >= 4 is 11.8 Å². The summed E-state index contributed by atoms with van der Waals surface area (Å²) in [5, 5.41) is 0. The first-order valence-electron chi connectivity index (χ1n) is 11.0. The Balaban J connectivity index is 1.45. The smallest absolute Gasteiger partial charge is 0.416 e. The minimum atomic E-state index is -4.56. The molecule has 0 saturated carbocycles. The zero-order valence-corrected chi connectivity index (χ0v) is 19.0. The maximum atomic E-state index is 13.1. The van der Waals surface area contributed by atoms with E-state index in [0.29, 0.717) is 23.6 Å². The van der Waals surface area contributed by atoms with Crippen LogP contribution in [0.2, 0.25) is 0 Å². The maximum Gasteiger partial charge on any atom is 0.416 e. The van der Waals surface area contributed by atoms with E-state index in [4.69, 9.17) is 18.9 Å². The molecule has 2 aromatic rings. The largest absolute Gasteiger partial charge is 0.454 e. The van der Waals surface area contributed by atoms with Crippen LogP contribution in [0.3, 0.4) is 0 Å². The highest BCUT2D eigenvalue weighted by Crippen LogP contribution is 2.33. The third-order valence-electron chi connectivity index (χ3n) is 5.76. The van der Waals surface area contributed by atoms with Gasteiger partial charge in [-0.25, -0.2) is 0 Å². The lowest BCUT2D eigenvalue weighted by atomic mass is 10.1. The Labute approximate surface area is 200 Å². The van der Waals surface area contributed by atoms with Crippen LogP contribution in [0, 0.1) is 0 Å². The molecule has 2 aromatic carbocycles. The number of hydrogen-bond acceptors (Lipinski definition) is 6. The number of carbonyl (C=O) groups excluding carboxylic acids is 2. The number of alkyl halides is 3. The minimum Gasteiger partial charge on any atom is -0.454 e. The zero-order valence-electron chi connectivity index (χ0n) is 19.0. The lowest BCUT2D eigenvalue weighted by Gasteiger charge is -2.36. The van der Waals surface area contributed by atoms with Crippen molar-refractivity contribution < 1.29 is 41.7 Å². The normalized spacial score (nSPS) is 17.4. The number of rotatable bonds is 7. The van der Waals surface area contributed by atoms with Gasteiger partial charge < -0.3 is 28.7 Å². The predicted molar refractivity (Wildman–Crippen MR) is 117 cm³/mol. The van der Waals surface area contributed by atoms with E-state index in [0.717, 1.165) is 12.1 Å². The lowest BCUT2D eigenvalue weighted by molar-refractivity contribution is -0.137. The van der Waals surface area contributed by atoms with Gasteiger partial charge in [0.05, 0.1) is 24.9 Å². The molecule has 188 valence electrons. The van der Waals surface area contributed by atoms with Crippen LogP contribution < -0.4 is 9.47 Å². The summed E-state index contributed by atoms with van der Waals surface area (Å²) in [5.41, 5.74) is -0.546. The van der Waals surface area contributed by atoms with Gasteiger partial charge in [-0.05, 0) is 36.4 Å². The first-order chi connectivity index (χ1) is 16.8. The number of halogens is 3. The molecular formula is C24H25F3N2O6. The van der Waals surface area contributed by atoms with E-state index >= 15 is 0 Å². The van der Waals surface area contributed by atoms with Crippen molar-refractivity contribution in [1.82, 2.24) is 9.80 Å². The molecular weight excluding hydrogens is 469 g/mol. The summed E-state index contributed by atoms with van der Waals surface area (Å²) in [7, 11) is 1.47. The van der Waals surface area contributed by atoms with E-state index in [1.807, 2.05) is 0 Å². The molecule has 2 aliphatic rings. The topological polar surface area (TPSA) is 77.5 Å². The second-order valence-electron chi connectivity index (χ2n) is 8.13. The summed E-state index contributed by atoms with van der Waals surface area (Å²) < 4.78 is 60.9. The SMILES string of the molecule is COCCN(CC1CN(C(=O)c2ccc3c(c2)OCO3)CCO1)C(=O)c1cccc(C(F)(F)F)c1. The van der Waals surface area contributed by atoms with Crippen molar-refractivity contribution in [2.45, 2.75) is 12.3 Å².